The number of hydrogen-bond acceptors (Lipinski definition) is 2. The van der Waals surface area contributed by atoms with E-state index >= 15 is 0 Å². The Balaban J connectivity index is 1.75. The molecule has 0 aliphatic heterocycles. The van der Waals surface area contributed by atoms with Crippen LogP contribution in [0.4, 0.5) is 5.69 Å². The van der Waals surface area contributed by atoms with Crippen molar-refractivity contribution in [2.75, 3.05) is 11.9 Å². The summed E-state index contributed by atoms with van der Waals surface area (Å²) in [4.78, 5) is 25.0. The monoisotopic (exact) mass is 360 g/mol. The van der Waals surface area contributed by atoms with Crippen LogP contribution in [-0.2, 0) is 11.2 Å². The number of rotatable bonds is 6. The highest BCUT2D eigenvalue weighted by Crippen LogP contribution is 2.20. The molecule has 0 aromatic heterocycles. The summed E-state index contributed by atoms with van der Waals surface area (Å²) in [5, 5.41) is 7.96. The number of para-hydroxylation sites is 1. The Hall–Kier alpha value is -3.14. The standard InChI is InChI=1S/C23H24N2O2/c1-16(2)15-24-23(27)20-12-5-6-13-21(20)25-22(26)14-18-10-7-9-17-8-3-4-11-19(17)18/h3-13,16H,14-15H2,1-2H3,(H,24,27)(H,25,26). The highest BCUT2D eigenvalue weighted by atomic mass is 16.2. The molecule has 0 atom stereocenters. The van der Waals surface area contributed by atoms with E-state index in [4.69, 9.17) is 0 Å². The smallest absolute Gasteiger partial charge is 0.253 e. The van der Waals surface area contributed by atoms with E-state index in [1.54, 1.807) is 18.2 Å². The van der Waals surface area contributed by atoms with E-state index < -0.39 is 0 Å². The molecule has 0 aliphatic carbocycles. The van der Waals surface area contributed by atoms with Crippen molar-refractivity contribution in [1.82, 2.24) is 5.32 Å². The fourth-order valence-electron chi connectivity index (χ4n) is 3.00. The summed E-state index contributed by atoms with van der Waals surface area (Å²) in [6.07, 6.45) is 0.253. The molecule has 2 amide bonds. The average molecular weight is 360 g/mol. The number of fused-ring (bicyclic) bond motifs is 1. The van der Waals surface area contributed by atoms with E-state index in [0.717, 1.165) is 16.3 Å². The largest absolute Gasteiger partial charge is 0.352 e. The normalized spacial score (nSPS) is 10.8. The second-order valence-electron chi connectivity index (χ2n) is 7.01. The molecule has 0 aliphatic rings. The predicted molar refractivity (Wildman–Crippen MR) is 110 cm³/mol. The topological polar surface area (TPSA) is 58.2 Å². The molecule has 138 valence electrons. The maximum Gasteiger partial charge on any atom is 0.253 e. The van der Waals surface area contributed by atoms with Crippen LogP contribution in [0.1, 0.15) is 29.8 Å². The first-order chi connectivity index (χ1) is 13.0. The number of nitrogens with one attached hydrogen (secondary N) is 2. The van der Waals surface area contributed by atoms with Gasteiger partial charge >= 0.3 is 0 Å². The van der Waals surface area contributed by atoms with E-state index in [-0.39, 0.29) is 18.2 Å². The Morgan fingerprint density at radius 2 is 1.59 bits per heavy atom. The summed E-state index contributed by atoms with van der Waals surface area (Å²) in [6, 6.07) is 21.0. The molecule has 0 saturated carbocycles. The number of benzene rings is 3. The molecular weight excluding hydrogens is 336 g/mol. The van der Waals surface area contributed by atoms with E-state index in [0.29, 0.717) is 23.7 Å². The Labute approximate surface area is 159 Å². The first-order valence-electron chi connectivity index (χ1n) is 9.18. The molecule has 4 heteroatoms. The Bertz CT molecular complexity index is 958. The van der Waals surface area contributed by atoms with Gasteiger partial charge in [0.2, 0.25) is 5.91 Å². The first kappa shape index (κ1) is 18.6. The summed E-state index contributed by atoms with van der Waals surface area (Å²) in [7, 11) is 0. The van der Waals surface area contributed by atoms with Gasteiger partial charge in [0.25, 0.3) is 5.91 Å². The molecule has 0 spiro atoms. The first-order valence-corrected chi connectivity index (χ1v) is 9.18. The Morgan fingerprint density at radius 1 is 0.889 bits per heavy atom. The van der Waals surface area contributed by atoms with Crippen molar-refractivity contribution in [3.63, 3.8) is 0 Å². The lowest BCUT2D eigenvalue weighted by molar-refractivity contribution is -0.115. The van der Waals surface area contributed by atoms with Crippen LogP contribution >= 0.6 is 0 Å². The fraction of sp³-hybridized carbons (Fsp3) is 0.217. The molecule has 0 fully saturated rings. The van der Waals surface area contributed by atoms with Crippen LogP contribution in [0.15, 0.2) is 66.7 Å². The molecule has 3 aromatic rings. The van der Waals surface area contributed by atoms with E-state index in [1.165, 1.54) is 0 Å². The minimum Gasteiger partial charge on any atom is -0.352 e. The molecule has 0 heterocycles. The van der Waals surface area contributed by atoms with E-state index in [9.17, 15) is 9.59 Å². The van der Waals surface area contributed by atoms with Crippen molar-refractivity contribution >= 4 is 28.3 Å². The highest BCUT2D eigenvalue weighted by Gasteiger charge is 2.14. The van der Waals surface area contributed by atoms with Crippen LogP contribution < -0.4 is 10.6 Å². The summed E-state index contributed by atoms with van der Waals surface area (Å²) in [5.41, 5.74) is 1.97. The van der Waals surface area contributed by atoms with Gasteiger partial charge in [-0.1, -0.05) is 68.4 Å². The molecular formula is C23H24N2O2. The Morgan fingerprint density at radius 3 is 2.41 bits per heavy atom. The third-order valence-corrected chi connectivity index (χ3v) is 4.35. The second-order valence-corrected chi connectivity index (χ2v) is 7.01. The van der Waals surface area contributed by atoms with Crippen molar-refractivity contribution in [3.8, 4) is 0 Å². The fourth-order valence-corrected chi connectivity index (χ4v) is 3.00. The van der Waals surface area contributed by atoms with Crippen LogP contribution in [0.25, 0.3) is 10.8 Å². The lowest BCUT2D eigenvalue weighted by atomic mass is 10.0. The van der Waals surface area contributed by atoms with Gasteiger partial charge in [-0.25, -0.2) is 0 Å². The predicted octanol–water partition coefficient (Wildman–Crippen LogP) is 4.41. The summed E-state index contributed by atoms with van der Waals surface area (Å²) < 4.78 is 0. The van der Waals surface area contributed by atoms with Crippen molar-refractivity contribution in [3.05, 3.63) is 77.9 Å². The number of carbonyl (C=O) groups excluding carboxylic acids is 2. The van der Waals surface area contributed by atoms with Gasteiger partial charge in [-0.05, 0) is 34.4 Å². The van der Waals surface area contributed by atoms with Crippen molar-refractivity contribution in [2.45, 2.75) is 20.3 Å². The van der Waals surface area contributed by atoms with E-state index in [1.807, 2.05) is 62.4 Å². The van der Waals surface area contributed by atoms with Gasteiger partial charge in [0.05, 0.1) is 17.7 Å². The van der Waals surface area contributed by atoms with Gasteiger partial charge in [0.15, 0.2) is 0 Å². The number of anilines is 1. The van der Waals surface area contributed by atoms with Gasteiger partial charge in [-0.2, -0.15) is 0 Å². The lowest BCUT2D eigenvalue weighted by Gasteiger charge is -2.13. The number of amides is 2. The molecule has 27 heavy (non-hydrogen) atoms. The van der Waals surface area contributed by atoms with Crippen LogP contribution in [0, 0.1) is 5.92 Å². The van der Waals surface area contributed by atoms with Gasteiger partial charge in [-0.15, -0.1) is 0 Å². The van der Waals surface area contributed by atoms with Crippen molar-refractivity contribution < 1.29 is 9.59 Å². The number of hydrogen-bond donors (Lipinski definition) is 2. The summed E-state index contributed by atoms with van der Waals surface area (Å²) in [6.45, 7) is 4.67. The molecule has 0 saturated heterocycles. The van der Waals surface area contributed by atoms with Crippen LogP contribution in [-0.4, -0.2) is 18.4 Å². The lowest BCUT2D eigenvalue weighted by Crippen LogP contribution is -2.28. The Kier molecular flexibility index (Phi) is 5.87. The second kappa shape index (κ2) is 8.49. The minimum absolute atomic E-state index is 0.143. The molecule has 3 aromatic carbocycles. The van der Waals surface area contributed by atoms with Gasteiger partial charge in [0, 0.05) is 6.54 Å². The molecule has 0 bridgehead atoms. The zero-order chi connectivity index (χ0) is 19.2. The minimum atomic E-state index is -0.176. The zero-order valence-corrected chi connectivity index (χ0v) is 15.7. The molecule has 0 unspecified atom stereocenters. The SMILES string of the molecule is CC(C)CNC(=O)c1ccccc1NC(=O)Cc1cccc2ccccc12. The van der Waals surface area contributed by atoms with Gasteiger partial charge in [-0.3, -0.25) is 9.59 Å². The molecule has 4 nitrogen and oxygen atoms in total. The van der Waals surface area contributed by atoms with E-state index in [2.05, 4.69) is 10.6 Å². The average Bonchev–Trinajstić information content (AvgIpc) is 2.67. The van der Waals surface area contributed by atoms with Crippen molar-refractivity contribution in [1.29, 1.82) is 0 Å². The summed E-state index contributed by atoms with van der Waals surface area (Å²) in [5.74, 6) is 0.0438. The van der Waals surface area contributed by atoms with Crippen LogP contribution in [0.5, 0.6) is 0 Å². The number of carbonyl (C=O) groups is 2. The molecule has 3 rings (SSSR count). The third-order valence-electron chi connectivity index (χ3n) is 4.35. The van der Waals surface area contributed by atoms with Gasteiger partial charge < -0.3 is 10.6 Å². The van der Waals surface area contributed by atoms with Crippen LogP contribution in [0.3, 0.4) is 0 Å². The maximum absolute atomic E-state index is 12.6. The third kappa shape index (κ3) is 4.73. The van der Waals surface area contributed by atoms with Crippen molar-refractivity contribution in [2.24, 2.45) is 5.92 Å². The maximum atomic E-state index is 12.6. The molecule has 2 N–H and O–H groups in total. The van der Waals surface area contributed by atoms with Gasteiger partial charge in [0.1, 0.15) is 0 Å². The zero-order valence-electron chi connectivity index (χ0n) is 15.7. The quantitative estimate of drug-likeness (QED) is 0.684. The van der Waals surface area contributed by atoms with Crippen LogP contribution in [0.2, 0.25) is 0 Å². The summed E-state index contributed by atoms with van der Waals surface area (Å²) >= 11 is 0. The molecule has 0 radical (unpaired) electrons. The highest BCUT2D eigenvalue weighted by molar-refractivity contribution is 6.04.